The number of carbonyl (C=O) groups is 1. The molecule has 1 unspecified atom stereocenters. The van der Waals surface area contributed by atoms with Crippen molar-refractivity contribution >= 4 is 28.3 Å². The van der Waals surface area contributed by atoms with Gasteiger partial charge in [0.1, 0.15) is 11.3 Å². The molecule has 0 bridgehead atoms. The molecule has 170 valence electrons. The van der Waals surface area contributed by atoms with E-state index in [9.17, 15) is 14.4 Å². The van der Waals surface area contributed by atoms with E-state index in [1.807, 2.05) is 31.2 Å². The number of carbonyl (C=O) groups excluding carboxylic acids is 1. The fraction of sp³-hybridized carbons (Fsp3) is 0.435. The Morgan fingerprint density at radius 2 is 1.88 bits per heavy atom. The Kier molecular flexibility index (Phi) is 5.92. The quantitative estimate of drug-likeness (QED) is 0.634. The van der Waals surface area contributed by atoms with Crippen molar-refractivity contribution in [3.63, 3.8) is 0 Å². The van der Waals surface area contributed by atoms with Gasteiger partial charge in [0.2, 0.25) is 0 Å². The summed E-state index contributed by atoms with van der Waals surface area (Å²) in [5, 5.41) is 3.28. The number of nitrogens with one attached hydrogen (secondary N) is 1. The van der Waals surface area contributed by atoms with Gasteiger partial charge in [0.25, 0.3) is 11.5 Å². The third-order valence-electron chi connectivity index (χ3n) is 6.14. The zero-order valence-corrected chi connectivity index (χ0v) is 18.9. The van der Waals surface area contributed by atoms with Crippen LogP contribution in [-0.4, -0.2) is 45.9 Å². The maximum atomic E-state index is 13.1. The summed E-state index contributed by atoms with van der Waals surface area (Å²) in [6.07, 6.45) is 2.00. The van der Waals surface area contributed by atoms with Crippen LogP contribution >= 0.6 is 0 Å². The molecule has 1 N–H and O–H groups in total. The van der Waals surface area contributed by atoms with E-state index in [4.69, 9.17) is 4.74 Å². The first-order valence-electron chi connectivity index (χ1n) is 10.8. The summed E-state index contributed by atoms with van der Waals surface area (Å²) in [5.74, 6) is -0.322. The first kappa shape index (κ1) is 21.9. The summed E-state index contributed by atoms with van der Waals surface area (Å²) in [5.41, 5.74) is 1.74. The smallest absolute Gasteiger partial charge is 0.332 e. The number of aromatic nitrogens is 3. The van der Waals surface area contributed by atoms with Crippen molar-refractivity contribution in [1.29, 1.82) is 0 Å². The zero-order chi connectivity index (χ0) is 23.0. The Balaban J connectivity index is 1.63. The molecule has 4 rings (SSSR count). The minimum Gasteiger partial charge on any atom is -0.380 e. The summed E-state index contributed by atoms with van der Waals surface area (Å²) in [4.78, 5) is 40.5. The molecule has 1 atom stereocenters. The van der Waals surface area contributed by atoms with Gasteiger partial charge in [0.05, 0.1) is 11.5 Å². The molecule has 0 spiro atoms. The number of hydrogen-bond acceptors (Lipinski definition) is 5. The lowest BCUT2D eigenvalue weighted by atomic mass is 10.2. The van der Waals surface area contributed by atoms with E-state index >= 15 is 0 Å². The molecule has 9 nitrogen and oxygen atoms in total. The molecule has 32 heavy (non-hydrogen) atoms. The summed E-state index contributed by atoms with van der Waals surface area (Å²) < 4.78 is 9.66. The molecule has 1 fully saturated rings. The second kappa shape index (κ2) is 8.66. The molecule has 0 aliphatic carbocycles. The number of methoxy groups -OCH3 is 1. The third kappa shape index (κ3) is 3.73. The molecule has 3 heterocycles. The van der Waals surface area contributed by atoms with Crippen molar-refractivity contribution in [1.82, 2.24) is 13.7 Å². The van der Waals surface area contributed by atoms with Gasteiger partial charge in [-0.05, 0) is 43.2 Å². The number of hydrogen-bond donors (Lipinski definition) is 1. The number of anilines is 2. The standard InChI is InChI=1S/C23H29N5O4/c1-5-11-28-19(13-18-21(28)25(2)23(31)26(3)22(18)30)20(29)24-15-6-8-16(9-7-15)27-12-10-17(14-27)32-4/h6-9,13,17H,5,10-12,14H2,1-4H3,(H,24,29). The van der Waals surface area contributed by atoms with Crippen molar-refractivity contribution in [2.45, 2.75) is 32.4 Å². The van der Waals surface area contributed by atoms with Gasteiger partial charge in [-0.15, -0.1) is 0 Å². The molecule has 1 aromatic carbocycles. The Labute approximate surface area is 185 Å². The zero-order valence-electron chi connectivity index (χ0n) is 18.9. The lowest BCUT2D eigenvalue weighted by Gasteiger charge is -2.18. The summed E-state index contributed by atoms with van der Waals surface area (Å²) in [7, 11) is 4.79. The molecule has 1 saturated heterocycles. The Morgan fingerprint density at radius 1 is 1.16 bits per heavy atom. The maximum Gasteiger partial charge on any atom is 0.332 e. The fourth-order valence-electron chi connectivity index (χ4n) is 4.38. The highest BCUT2D eigenvalue weighted by molar-refractivity contribution is 6.06. The first-order chi connectivity index (χ1) is 15.3. The SMILES string of the molecule is CCCn1c(C(=O)Nc2ccc(N3CCC(OC)C3)cc2)cc2c(=O)n(C)c(=O)n(C)c21. The second-order valence-electron chi connectivity index (χ2n) is 8.22. The molecule has 0 saturated carbocycles. The minimum absolute atomic E-state index is 0.249. The van der Waals surface area contributed by atoms with Gasteiger partial charge in [-0.2, -0.15) is 0 Å². The topological polar surface area (TPSA) is 90.5 Å². The van der Waals surface area contributed by atoms with Gasteiger partial charge >= 0.3 is 5.69 Å². The van der Waals surface area contributed by atoms with Crippen molar-refractivity contribution in [3.8, 4) is 0 Å². The van der Waals surface area contributed by atoms with Crippen LogP contribution in [0.3, 0.4) is 0 Å². The predicted molar refractivity (Wildman–Crippen MR) is 125 cm³/mol. The van der Waals surface area contributed by atoms with Crippen LogP contribution in [0.5, 0.6) is 0 Å². The highest BCUT2D eigenvalue weighted by Gasteiger charge is 2.23. The normalized spacial score (nSPS) is 16.1. The number of benzene rings is 1. The van der Waals surface area contributed by atoms with E-state index in [0.717, 1.165) is 36.2 Å². The monoisotopic (exact) mass is 439 g/mol. The highest BCUT2D eigenvalue weighted by atomic mass is 16.5. The molecule has 9 heteroatoms. The van der Waals surface area contributed by atoms with Gasteiger partial charge in [-0.3, -0.25) is 18.7 Å². The average molecular weight is 440 g/mol. The van der Waals surface area contributed by atoms with E-state index < -0.39 is 11.2 Å². The number of fused-ring (bicyclic) bond motifs is 1. The van der Waals surface area contributed by atoms with Crippen molar-refractivity contribution in [3.05, 3.63) is 56.9 Å². The highest BCUT2D eigenvalue weighted by Crippen LogP contribution is 2.24. The average Bonchev–Trinajstić information content (AvgIpc) is 3.42. The Hall–Kier alpha value is -3.33. The van der Waals surface area contributed by atoms with Crippen LogP contribution in [0.1, 0.15) is 30.3 Å². The lowest BCUT2D eigenvalue weighted by molar-refractivity contribution is 0.101. The van der Waals surface area contributed by atoms with Crippen LogP contribution in [0.25, 0.3) is 11.0 Å². The second-order valence-corrected chi connectivity index (χ2v) is 8.22. The van der Waals surface area contributed by atoms with Gasteiger partial charge in [0, 0.05) is 52.2 Å². The van der Waals surface area contributed by atoms with Crippen LogP contribution in [0.15, 0.2) is 39.9 Å². The first-order valence-corrected chi connectivity index (χ1v) is 10.8. The number of aryl methyl sites for hydroxylation is 2. The van der Waals surface area contributed by atoms with Crippen molar-refractivity contribution < 1.29 is 9.53 Å². The van der Waals surface area contributed by atoms with Crippen LogP contribution in [0, 0.1) is 0 Å². The van der Waals surface area contributed by atoms with Crippen LogP contribution in [0.2, 0.25) is 0 Å². The van der Waals surface area contributed by atoms with Gasteiger partial charge in [-0.25, -0.2) is 4.79 Å². The third-order valence-corrected chi connectivity index (χ3v) is 6.14. The minimum atomic E-state index is -0.418. The lowest BCUT2D eigenvalue weighted by Crippen LogP contribution is -2.37. The van der Waals surface area contributed by atoms with Gasteiger partial charge < -0.3 is 19.5 Å². The predicted octanol–water partition coefficient (Wildman–Crippen LogP) is 1.93. The number of ether oxygens (including phenoxy) is 1. The number of amides is 1. The molecular formula is C23H29N5O4. The molecule has 2 aromatic heterocycles. The molecule has 0 radical (unpaired) electrons. The molecule has 1 aliphatic rings. The summed E-state index contributed by atoms with van der Waals surface area (Å²) in [6.45, 7) is 4.29. The van der Waals surface area contributed by atoms with Gasteiger partial charge in [0.15, 0.2) is 0 Å². The van der Waals surface area contributed by atoms with Crippen LogP contribution in [0.4, 0.5) is 11.4 Å². The van der Waals surface area contributed by atoms with E-state index in [1.165, 1.54) is 11.6 Å². The van der Waals surface area contributed by atoms with E-state index in [2.05, 4.69) is 10.2 Å². The number of rotatable bonds is 6. The Morgan fingerprint density at radius 3 is 2.50 bits per heavy atom. The fourth-order valence-corrected chi connectivity index (χ4v) is 4.38. The van der Waals surface area contributed by atoms with E-state index in [-0.39, 0.29) is 12.0 Å². The molecular weight excluding hydrogens is 410 g/mol. The van der Waals surface area contributed by atoms with Crippen molar-refractivity contribution in [2.75, 3.05) is 30.4 Å². The Bertz CT molecular complexity index is 1270. The maximum absolute atomic E-state index is 13.1. The van der Waals surface area contributed by atoms with Crippen LogP contribution < -0.4 is 21.5 Å². The summed E-state index contributed by atoms with van der Waals surface area (Å²) in [6, 6.07) is 9.28. The molecule has 1 aliphatic heterocycles. The molecule has 3 aromatic rings. The van der Waals surface area contributed by atoms with Gasteiger partial charge in [-0.1, -0.05) is 6.92 Å². The number of nitrogens with zero attached hydrogens (tertiary/aromatic N) is 4. The van der Waals surface area contributed by atoms with Crippen LogP contribution in [-0.2, 0) is 25.4 Å². The van der Waals surface area contributed by atoms with E-state index in [1.54, 1.807) is 24.8 Å². The largest absolute Gasteiger partial charge is 0.380 e. The van der Waals surface area contributed by atoms with E-state index in [0.29, 0.717) is 29.0 Å². The molecule has 1 amide bonds. The van der Waals surface area contributed by atoms with Crippen molar-refractivity contribution in [2.24, 2.45) is 14.1 Å². The summed E-state index contributed by atoms with van der Waals surface area (Å²) >= 11 is 0.